The standard InChI is InChI=1S/C12H18N2O2/c1-3-4-8-13(2)12(16)10-14-9-6-5-7-11(14)15/h5-7,9H,3-4,8,10H2,1-2H3. The maximum atomic E-state index is 11.7. The van der Waals surface area contributed by atoms with Crippen molar-refractivity contribution in [1.82, 2.24) is 9.47 Å². The van der Waals surface area contributed by atoms with Crippen LogP contribution in [0.25, 0.3) is 0 Å². The average molecular weight is 222 g/mol. The first-order valence-corrected chi connectivity index (χ1v) is 5.54. The van der Waals surface area contributed by atoms with Gasteiger partial charge in [-0.05, 0) is 12.5 Å². The van der Waals surface area contributed by atoms with Crippen LogP contribution in [0.1, 0.15) is 19.8 Å². The summed E-state index contributed by atoms with van der Waals surface area (Å²) in [6, 6.07) is 4.88. The summed E-state index contributed by atoms with van der Waals surface area (Å²) in [5.41, 5.74) is -0.139. The van der Waals surface area contributed by atoms with Crippen LogP contribution in [0.3, 0.4) is 0 Å². The molecule has 0 radical (unpaired) electrons. The number of hydrogen-bond acceptors (Lipinski definition) is 2. The fourth-order valence-corrected chi connectivity index (χ4v) is 1.38. The molecule has 1 rings (SSSR count). The van der Waals surface area contributed by atoms with Crippen molar-refractivity contribution in [2.45, 2.75) is 26.3 Å². The molecule has 1 aromatic heterocycles. The van der Waals surface area contributed by atoms with Crippen LogP contribution in [0, 0.1) is 0 Å². The SMILES string of the molecule is CCCCN(C)C(=O)Cn1ccccc1=O. The molecule has 88 valence electrons. The van der Waals surface area contributed by atoms with Crippen molar-refractivity contribution in [2.75, 3.05) is 13.6 Å². The molecule has 4 nitrogen and oxygen atoms in total. The van der Waals surface area contributed by atoms with Gasteiger partial charge < -0.3 is 9.47 Å². The Morgan fingerprint density at radius 3 is 2.81 bits per heavy atom. The van der Waals surface area contributed by atoms with Gasteiger partial charge in [0.2, 0.25) is 5.91 Å². The van der Waals surface area contributed by atoms with Gasteiger partial charge in [0.05, 0.1) is 0 Å². The first-order chi connectivity index (χ1) is 7.65. The molecule has 0 aromatic carbocycles. The maximum Gasteiger partial charge on any atom is 0.250 e. The van der Waals surface area contributed by atoms with Gasteiger partial charge in [0, 0.05) is 25.9 Å². The predicted octanol–water partition coefficient (Wildman–Crippen LogP) is 1.11. The Bertz CT molecular complexity index is 398. The van der Waals surface area contributed by atoms with E-state index in [1.165, 1.54) is 10.6 Å². The van der Waals surface area contributed by atoms with Crippen molar-refractivity contribution >= 4 is 5.91 Å². The Kier molecular flexibility index (Phi) is 4.76. The third-order valence-electron chi connectivity index (χ3n) is 2.48. The number of pyridine rings is 1. The van der Waals surface area contributed by atoms with E-state index in [9.17, 15) is 9.59 Å². The van der Waals surface area contributed by atoms with Gasteiger partial charge in [-0.25, -0.2) is 0 Å². The third-order valence-corrected chi connectivity index (χ3v) is 2.48. The Morgan fingerprint density at radius 1 is 1.44 bits per heavy atom. The van der Waals surface area contributed by atoms with E-state index in [1.54, 1.807) is 30.3 Å². The summed E-state index contributed by atoms with van der Waals surface area (Å²) >= 11 is 0. The molecule has 0 fully saturated rings. The largest absolute Gasteiger partial charge is 0.344 e. The van der Waals surface area contributed by atoms with Crippen LogP contribution in [0.5, 0.6) is 0 Å². The van der Waals surface area contributed by atoms with E-state index in [-0.39, 0.29) is 18.0 Å². The molecule has 0 atom stereocenters. The van der Waals surface area contributed by atoms with Gasteiger partial charge in [-0.2, -0.15) is 0 Å². The number of likely N-dealkylation sites (N-methyl/N-ethyl adjacent to an activating group) is 1. The lowest BCUT2D eigenvalue weighted by Crippen LogP contribution is -2.34. The highest BCUT2D eigenvalue weighted by atomic mass is 16.2. The van der Waals surface area contributed by atoms with Crippen LogP contribution in [0.15, 0.2) is 29.2 Å². The number of carbonyl (C=O) groups is 1. The molecule has 0 bridgehead atoms. The van der Waals surface area contributed by atoms with E-state index < -0.39 is 0 Å². The Labute approximate surface area is 95.5 Å². The van der Waals surface area contributed by atoms with Gasteiger partial charge in [-0.1, -0.05) is 19.4 Å². The summed E-state index contributed by atoms with van der Waals surface area (Å²) in [7, 11) is 1.77. The summed E-state index contributed by atoms with van der Waals surface area (Å²) in [5.74, 6) is -0.0262. The molecule has 1 heterocycles. The monoisotopic (exact) mass is 222 g/mol. The van der Waals surface area contributed by atoms with Crippen molar-refractivity contribution < 1.29 is 4.79 Å². The van der Waals surface area contributed by atoms with Gasteiger partial charge in [-0.15, -0.1) is 0 Å². The molecule has 0 aliphatic heterocycles. The number of amides is 1. The molecule has 0 unspecified atom stereocenters. The highest BCUT2D eigenvalue weighted by Crippen LogP contribution is 1.94. The first kappa shape index (κ1) is 12.5. The first-order valence-electron chi connectivity index (χ1n) is 5.54. The van der Waals surface area contributed by atoms with Crippen LogP contribution in [0.4, 0.5) is 0 Å². The van der Waals surface area contributed by atoms with E-state index in [0.29, 0.717) is 0 Å². The number of carbonyl (C=O) groups excluding carboxylic acids is 1. The number of unbranched alkanes of at least 4 members (excludes halogenated alkanes) is 1. The van der Waals surface area contributed by atoms with E-state index >= 15 is 0 Å². The minimum atomic E-state index is -0.139. The Morgan fingerprint density at radius 2 is 2.19 bits per heavy atom. The summed E-state index contributed by atoms with van der Waals surface area (Å²) in [4.78, 5) is 24.8. The number of nitrogens with zero attached hydrogens (tertiary/aromatic N) is 2. The van der Waals surface area contributed by atoms with Gasteiger partial charge in [0.25, 0.3) is 5.56 Å². The summed E-state index contributed by atoms with van der Waals surface area (Å²) in [5, 5.41) is 0. The summed E-state index contributed by atoms with van der Waals surface area (Å²) in [6.45, 7) is 2.96. The zero-order valence-electron chi connectivity index (χ0n) is 9.85. The molecule has 0 spiro atoms. The lowest BCUT2D eigenvalue weighted by atomic mass is 10.3. The van der Waals surface area contributed by atoms with E-state index in [1.807, 2.05) is 0 Å². The zero-order chi connectivity index (χ0) is 12.0. The minimum Gasteiger partial charge on any atom is -0.344 e. The van der Waals surface area contributed by atoms with Crippen molar-refractivity contribution in [1.29, 1.82) is 0 Å². The molecule has 0 aliphatic carbocycles. The molecule has 0 N–H and O–H groups in total. The van der Waals surface area contributed by atoms with Crippen molar-refractivity contribution in [3.05, 3.63) is 34.7 Å². The topological polar surface area (TPSA) is 42.3 Å². The van der Waals surface area contributed by atoms with Crippen molar-refractivity contribution in [2.24, 2.45) is 0 Å². The number of rotatable bonds is 5. The van der Waals surface area contributed by atoms with Gasteiger partial charge in [0.15, 0.2) is 0 Å². The molecule has 0 saturated heterocycles. The predicted molar refractivity (Wildman–Crippen MR) is 63.2 cm³/mol. The maximum absolute atomic E-state index is 11.7. The normalized spacial score (nSPS) is 10.1. The van der Waals surface area contributed by atoms with Crippen LogP contribution < -0.4 is 5.56 Å². The Hall–Kier alpha value is -1.58. The molecule has 1 aromatic rings. The van der Waals surface area contributed by atoms with Gasteiger partial charge in [-0.3, -0.25) is 9.59 Å². The lowest BCUT2D eigenvalue weighted by Gasteiger charge is -2.17. The van der Waals surface area contributed by atoms with Crippen molar-refractivity contribution in [3.8, 4) is 0 Å². The molecular formula is C12H18N2O2. The number of hydrogen-bond donors (Lipinski definition) is 0. The fourth-order valence-electron chi connectivity index (χ4n) is 1.38. The number of aromatic nitrogens is 1. The van der Waals surface area contributed by atoms with Crippen molar-refractivity contribution in [3.63, 3.8) is 0 Å². The van der Waals surface area contributed by atoms with Crippen LogP contribution in [-0.2, 0) is 11.3 Å². The van der Waals surface area contributed by atoms with Gasteiger partial charge in [0.1, 0.15) is 6.54 Å². The van der Waals surface area contributed by atoms with E-state index in [0.717, 1.165) is 19.4 Å². The van der Waals surface area contributed by atoms with Gasteiger partial charge >= 0.3 is 0 Å². The van der Waals surface area contributed by atoms with E-state index in [4.69, 9.17) is 0 Å². The van der Waals surface area contributed by atoms with Crippen LogP contribution in [-0.4, -0.2) is 29.0 Å². The average Bonchev–Trinajstić information content (AvgIpc) is 2.28. The highest BCUT2D eigenvalue weighted by molar-refractivity contribution is 5.75. The van der Waals surface area contributed by atoms with Crippen LogP contribution >= 0.6 is 0 Å². The lowest BCUT2D eigenvalue weighted by molar-refractivity contribution is -0.130. The summed E-state index contributed by atoms with van der Waals surface area (Å²) in [6.07, 6.45) is 3.68. The molecule has 0 aliphatic rings. The highest BCUT2D eigenvalue weighted by Gasteiger charge is 2.08. The Balaban J connectivity index is 2.58. The molecule has 1 amide bonds. The smallest absolute Gasteiger partial charge is 0.250 e. The fraction of sp³-hybridized carbons (Fsp3) is 0.500. The third kappa shape index (κ3) is 3.53. The van der Waals surface area contributed by atoms with Crippen LogP contribution in [0.2, 0.25) is 0 Å². The second kappa shape index (κ2) is 6.10. The minimum absolute atomic E-state index is 0.0262. The second-order valence-corrected chi connectivity index (χ2v) is 3.84. The second-order valence-electron chi connectivity index (χ2n) is 3.84. The zero-order valence-corrected chi connectivity index (χ0v) is 9.85. The molecular weight excluding hydrogens is 204 g/mol. The molecule has 0 saturated carbocycles. The molecule has 16 heavy (non-hydrogen) atoms. The van der Waals surface area contributed by atoms with E-state index in [2.05, 4.69) is 6.92 Å². The summed E-state index contributed by atoms with van der Waals surface area (Å²) < 4.78 is 1.42. The quantitative estimate of drug-likeness (QED) is 0.749. The molecule has 4 heteroatoms.